The number of nitrogens with zero attached hydrogens (tertiary/aromatic N) is 2. The third-order valence-corrected chi connectivity index (χ3v) is 5.00. The van der Waals surface area contributed by atoms with Crippen LogP contribution >= 0.6 is 34.5 Å². The van der Waals surface area contributed by atoms with Gasteiger partial charge in [0.2, 0.25) is 0 Å². The monoisotopic (exact) mass is 388 g/mol. The number of fused-ring (bicyclic) bond motifs is 1. The molecule has 0 radical (unpaired) electrons. The maximum atomic E-state index is 12.2. The second-order valence-electron chi connectivity index (χ2n) is 5.26. The highest BCUT2D eigenvalue weighted by atomic mass is 35.5. The molecule has 4 rings (SSSR count). The van der Waals surface area contributed by atoms with Crippen molar-refractivity contribution in [2.24, 2.45) is 0 Å². The van der Waals surface area contributed by atoms with Gasteiger partial charge in [0.25, 0.3) is 5.91 Å². The Morgan fingerprint density at radius 1 is 1.12 bits per heavy atom. The molecule has 0 unspecified atom stereocenters. The smallest absolute Gasteiger partial charge is 0.265 e. The van der Waals surface area contributed by atoms with Crippen LogP contribution in [0.15, 0.2) is 48.0 Å². The average Bonchev–Trinajstić information content (AvgIpc) is 3.21. The number of pyridine rings is 1. The average molecular weight is 389 g/mol. The summed E-state index contributed by atoms with van der Waals surface area (Å²) in [5.74, 6) is 0.440. The molecule has 3 heterocycles. The molecule has 0 aliphatic carbocycles. The Hall–Kier alpha value is -2.41. The largest absolute Gasteiger partial charge is 0.337 e. The van der Waals surface area contributed by atoms with E-state index in [2.05, 4.69) is 20.3 Å². The number of carbonyl (C=O) groups excluding carboxylic acids is 1. The van der Waals surface area contributed by atoms with E-state index in [1.807, 2.05) is 12.1 Å². The molecule has 124 valence electrons. The predicted molar refractivity (Wildman–Crippen MR) is 102 cm³/mol. The summed E-state index contributed by atoms with van der Waals surface area (Å²) in [5.41, 5.74) is 2.94. The van der Waals surface area contributed by atoms with Gasteiger partial charge in [-0.15, -0.1) is 11.3 Å². The Bertz CT molecular complexity index is 1070. The second-order valence-corrected chi connectivity index (χ2v) is 7.05. The Morgan fingerprint density at radius 3 is 2.72 bits per heavy atom. The van der Waals surface area contributed by atoms with Gasteiger partial charge < -0.3 is 10.3 Å². The van der Waals surface area contributed by atoms with Crippen LogP contribution < -0.4 is 5.32 Å². The summed E-state index contributed by atoms with van der Waals surface area (Å²) in [5, 5.41) is 5.70. The summed E-state index contributed by atoms with van der Waals surface area (Å²) < 4.78 is 0. The van der Waals surface area contributed by atoms with Gasteiger partial charge in [0.1, 0.15) is 5.69 Å². The van der Waals surface area contributed by atoms with Crippen molar-refractivity contribution in [1.29, 1.82) is 0 Å². The van der Waals surface area contributed by atoms with Gasteiger partial charge in [0.05, 0.1) is 26.0 Å². The Morgan fingerprint density at radius 2 is 2.00 bits per heavy atom. The van der Waals surface area contributed by atoms with Crippen molar-refractivity contribution in [2.45, 2.75) is 0 Å². The summed E-state index contributed by atoms with van der Waals surface area (Å²) in [6.07, 6.45) is 1.57. The molecule has 0 atom stereocenters. The van der Waals surface area contributed by atoms with E-state index in [0.717, 1.165) is 11.0 Å². The van der Waals surface area contributed by atoms with Crippen LogP contribution in [0.5, 0.6) is 0 Å². The minimum absolute atomic E-state index is 0.199. The van der Waals surface area contributed by atoms with Crippen LogP contribution in [0.25, 0.3) is 22.6 Å². The summed E-state index contributed by atoms with van der Waals surface area (Å²) in [6, 6.07) is 10.7. The number of nitrogens with one attached hydrogen (secondary N) is 2. The molecule has 0 aliphatic heterocycles. The first kappa shape index (κ1) is 16.1. The maximum absolute atomic E-state index is 12.2. The van der Waals surface area contributed by atoms with Gasteiger partial charge in [0.15, 0.2) is 5.82 Å². The number of aromatic amines is 1. The van der Waals surface area contributed by atoms with Gasteiger partial charge in [-0.25, -0.2) is 4.98 Å². The van der Waals surface area contributed by atoms with E-state index in [1.54, 1.807) is 35.8 Å². The molecule has 1 amide bonds. The van der Waals surface area contributed by atoms with Crippen molar-refractivity contribution in [2.75, 3.05) is 5.32 Å². The highest BCUT2D eigenvalue weighted by molar-refractivity contribution is 7.12. The first-order valence-electron chi connectivity index (χ1n) is 7.25. The molecule has 0 saturated heterocycles. The van der Waals surface area contributed by atoms with Crippen molar-refractivity contribution >= 4 is 57.2 Å². The fraction of sp³-hybridized carbons (Fsp3) is 0. The summed E-state index contributed by atoms with van der Waals surface area (Å²) >= 11 is 13.0. The van der Waals surface area contributed by atoms with Crippen molar-refractivity contribution in [3.63, 3.8) is 0 Å². The number of hydrogen-bond donors (Lipinski definition) is 2. The third-order valence-electron chi connectivity index (χ3n) is 3.50. The van der Waals surface area contributed by atoms with Gasteiger partial charge >= 0.3 is 0 Å². The number of H-pyrrole nitrogens is 1. The quantitative estimate of drug-likeness (QED) is 0.503. The number of benzene rings is 1. The molecular formula is C17H10Cl2N4OS. The molecular weight excluding hydrogens is 379 g/mol. The fourth-order valence-corrected chi connectivity index (χ4v) is 3.43. The fourth-order valence-electron chi connectivity index (χ4n) is 2.35. The van der Waals surface area contributed by atoms with E-state index >= 15 is 0 Å². The second kappa shape index (κ2) is 6.48. The lowest BCUT2D eigenvalue weighted by molar-refractivity contribution is 0.103. The van der Waals surface area contributed by atoms with E-state index in [1.165, 1.54) is 11.3 Å². The van der Waals surface area contributed by atoms with Crippen molar-refractivity contribution in [3.05, 3.63) is 62.9 Å². The lowest BCUT2D eigenvalue weighted by Gasteiger charge is -2.03. The Kier molecular flexibility index (Phi) is 4.17. The lowest BCUT2D eigenvalue weighted by atomic mass is 10.2. The molecule has 0 fully saturated rings. The number of carbonyl (C=O) groups is 1. The topological polar surface area (TPSA) is 70.7 Å². The molecule has 1 aromatic carbocycles. The standard InChI is InChI=1S/C17H10Cl2N4OS/c18-9-1-3-13(20-7-9)16-22-12-4-2-11(6-14(12)23-16)21-17(24)15-5-10(19)8-25-15/h1-8H,(H,21,24)(H,22,23). The van der Waals surface area contributed by atoms with E-state index in [0.29, 0.717) is 32.1 Å². The zero-order chi connectivity index (χ0) is 17.4. The Balaban J connectivity index is 1.61. The highest BCUT2D eigenvalue weighted by Crippen LogP contribution is 2.24. The van der Waals surface area contributed by atoms with Crippen LogP contribution in [0.4, 0.5) is 5.69 Å². The summed E-state index contributed by atoms with van der Waals surface area (Å²) in [6.45, 7) is 0. The van der Waals surface area contributed by atoms with Crippen LogP contribution in [0.3, 0.4) is 0 Å². The molecule has 5 nitrogen and oxygen atoms in total. The molecule has 0 aliphatic rings. The minimum atomic E-state index is -0.199. The number of rotatable bonds is 3. The normalized spacial score (nSPS) is 11.0. The molecule has 3 aromatic heterocycles. The number of amides is 1. The van der Waals surface area contributed by atoms with Gasteiger partial charge in [-0.05, 0) is 36.4 Å². The van der Waals surface area contributed by atoms with Crippen LogP contribution in [-0.2, 0) is 0 Å². The van der Waals surface area contributed by atoms with Crippen LogP contribution in [0.1, 0.15) is 9.67 Å². The number of hydrogen-bond acceptors (Lipinski definition) is 4. The molecule has 25 heavy (non-hydrogen) atoms. The maximum Gasteiger partial charge on any atom is 0.265 e. The zero-order valence-electron chi connectivity index (χ0n) is 12.6. The highest BCUT2D eigenvalue weighted by Gasteiger charge is 2.11. The van der Waals surface area contributed by atoms with Crippen LogP contribution in [0, 0.1) is 0 Å². The van der Waals surface area contributed by atoms with Crippen LogP contribution in [0.2, 0.25) is 10.0 Å². The number of imidazole rings is 1. The van der Waals surface area contributed by atoms with Crippen LogP contribution in [-0.4, -0.2) is 20.9 Å². The zero-order valence-corrected chi connectivity index (χ0v) is 14.9. The summed E-state index contributed by atoms with van der Waals surface area (Å²) in [4.78, 5) is 24.7. The molecule has 2 N–H and O–H groups in total. The first-order chi connectivity index (χ1) is 12.1. The molecule has 8 heteroatoms. The summed E-state index contributed by atoms with van der Waals surface area (Å²) in [7, 11) is 0. The molecule has 4 aromatic rings. The van der Waals surface area contributed by atoms with Gasteiger partial charge in [-0.3, -0.25) is 9.78 Å². The van der Waals surface area contributed by atoms with Gasteiger partial charge in [0, 0.05) is 17.3 Å². The SMILES string of the molecule is O=C(Nc1ccc2nc(-c3ccc(Cl)cn3)[nH]c2c1)c1cc(Cl)cs1. The van der Waals surface area contributed by atoms with Gasteiger partial charge in [-0.2, -0.15) is 0 Å². The lowest BCUT2D eigenvalue weighted by Crippen LogP contribution is -2.09. The molecule has 0 bridgehead atoms. The van der Waals surface area contributed by atoms with E-state index < -0.39 is 0 Å². The van der Waals surface area contributed by atoms with E-state index in [4.69, 9.17) is 23.2 Å². The third kappa shape index (κ3) is 3.37. The van der Waals surface area contributed by atoms with Crippen molar-refractivity contribution < 1.29 is 4.79 Å². The van der Waals surface area contributed by atoms with Gasteiger partial charge in [-0.1, -0.05) is 23.2 Å². The van der Waals surface area contributed by atoms with Crippen molar-refractivity contribution in [3.8, 4) is 11.5 Å². The minimum Gasteiger partial charge on any atom is -0.337 e. The van der Waals surface area contributed by atoms with Crippen molar-refractivity contribution in [1.82, 2.24) is 15.0 Å². The molecule has 0 spiro atoms. The predicted octanol–water partition coefficient (Wildman–Crippen LogP) is 5.25. The number of thiophene rings is 1. The number of aromatic nitrogens is 3. The van der Waals surface area contributed by atoms with E-state index in [-0.39, 0.29) is 5.91 Å². The number of anilines is 1. The Labute approximate surface area is 156 Å². The van der Waals surface area contributed by atoms with E-state index in [9.17, 15) is 4.79 Å². The number of halogens is 2. The first-order valence-corrected chi connectivity index (χ1v) is 8.89. The molecule has 0 saturated carbocycles.